The van der Waals surface area contributed by atoms with Crippen LogP contribution in [0.3, 0.4) is 0 Å². The van der Waals surface area contributed by atoms with Crippen molar-refractivity contribution < 1.29 is 14.3 Å². The summed E-state index contributed by atoms with van der Waals surface area (Å²) in [6, 6.07) is 29.3. The van der Waals surface area contributed by atoms with E-state index in [1.807, 2.05) is 14.1 Å². The van der Waals surface area contributed by atoms with Gasteiger partial charge < -0.3 is 20.7 Å². The van der Waals surface area contributed by atoms with E-state index in [2.05, 4.69) is 144 Å². The van der Waals surface area contributed by atoms with Gasteiger partial charge in [-0.25, -0.2) is 0 Å². The number of hydrogen-bond donors (Lipinski definition) is 3. The van der Waals surface area contributed by atoms with Gasteiger partial charge in [-0.05, 0) is 165 Å². The lowest BCUT2D eigenvalue weighted by atomic mass is 9.86. The highest BCUT2D eigenvalue weighted by molar-refractivity contribution is 6.98. The molecular formula is C56H64N4O3Si. The number of aryl methyl sites for hydroxylation is 1. The molecule has 0 spiro atoms. The van der Waals surface area contributed by atoms with Gasteiger partial charge in [0.15, 0.2) is 5.78 Å². The zero-order valence-corrected chi connectivity index (χ0v) is 39.9. The highest BCUT2D eigenvalue weighted by Crippen LogP contribution is 2.45. The number of ether oxygens (including phenoxy) is 1. The molecule has 0 fully saturated rings. The molecule has 1 aliphatic heterocycles. The number of ketones is 1. The van der Waals surface area contributed by atoms with Crippen molar-refractivity contribution in [1.29, 1.82) is 0 Å². The van der Waals surface area contributed by atoms with Crippen LogP contribution in [0.2, 0.25) is 13.1 Å². The molecule has 8 heteroatoms. The molecule has 1 aliphatic carbocycles. The van der Waals surface area contributed by atoms with Crippen molar-refractivity contribution in [2.45, 2.75) is 78.4 Å². The van der Waals surface area contributed by atoms with E-state index >= 15 is 0 Å². The number of rotatable bonds is 19. The van der Waals surface area contributed by atoms with Crippen molar-refractivity contribution >= 4 is 63.5 Å². The van der Waals surface area contributed by atoms with Crippen LogP contribution in [0.15, 0.2) is 137 Å². The highest BCUT2D eigenvalue weighted by atomic mass is 28.3. The Bertz CT molecular complexity index is 2790. The molecular weight excluding hydrogens is 805 g/mol. The fourth-order valence-corrected chi connectivity index (χ4v) is 12.5. The third-order valence-corrected chi connectivity index (χ3v) is 16.6. The molecule has 1 heterocycles. The first kappa shape index (κ1) is 45.9. The Morgan fingerprint density at radius 1 is 0.750 bits per heavy atom. The van der Waals surface area contributed by atoms with Crippen molar-refractivity contribution in [2.24, 2.45) is 4.99 Å². The minimum atomic E-state index is -2.13. The van der Waals surface area contributed by atoms with Gasteiger partial charge in [-0.2, -0.15) is 0 Å². The number of Topliss-reactive ketones (excluding diaryl/α,β-unsaturated/α-hetero) is 1. The van der Waals surface area contributed by atoms with Gasteiger partial charge in [-0.15, -0.1) is 0 Å². The molecule has 0 atom stereocenters. The number of methoxy groups -OCH3 is 1. The second-order valence-corrected chi connectivity index (χ2v) is 22.2. The minimum absolute atomic E-state index is 0.102. The van der Waals surface area contributed by atoms with Gasteiger partial charge in [0.05, 0.1) is 12.8 Å². The Balaban J connectivity index is 1.32. The first-order valence-electron chi connectivity index (χ1n) is 22.8. The summed E-state index contributed by atoms with van der Waals surface area (Å²) in [6.07, 6.45) is 13.0. The maximum Gasteiger partial charge on any atom is 0.246 e. The number of nitrogens with zero attached hydrogens (tertiary/aromatic N) is 1. The fourth-order valence-electron chi connectivity index (χ4n) is 9.43. The lowest BCUT2D eigenvalue weighted by molar-refractivity contribution is -0.117. The van der Waals surface area contributed by atoms with Crippen molar-refractivity contribution in [3.05, 3.63) is 154 Å². The predicted octanol–water partition coefficient (Wildman–Crippen LogP) is 11.4. The smallest absolute Gasteiger partial charge is 0.246 e. The zero-order valence-electron chi connectivity index (χ0n) is 38.9. The Labute approximate surface area is 381 Å². The number of carbonyl (C=O) groups excluding carboxylic acids is 2. The summed E-state index contributed by atoms with van der Waals surface area (Å²) in [7, 11) is 3.49. The van der Waals surface area contributed by atoms with Crippen LogP contribution in [0.25, 0.3) is 38.2 Å². The van der Waals surface area contributed by atoms with E-state index in [1.165, 1.54) is 59.8 Å². The fraction of sp³-hybridized carbons (Fsp3) is 0.304. The lowest BCUT2D eigenvalue weighted by Gasteiger charge is -2.38. The van der Waals surface area contributed by atoms with Crippen molar-refractivity contribution in [3.63, 3.8) is 0 Å². The lowest BCUT2D eigenvalue weighted by Crippen LogP contribution is -2.49. The Kier molecular flexibility index (Phi) is 14.5. The first-order valence-corrected chi connectivity index (χ1v) is 25.8. The van der Waals surface area contributed by atoms with Crippen LogP contribution < -0.4 is 25.9 Å². The molecule has 5 aromatic rings. The van der Waals surface area contributed by atoms with Gasteiger partial charge >= 0.3 is 0 Å². The van der Waals surface area contributed by atoms with E-state index in [0.29, 0.717) is 30.7 Å². The van der Waals surface area contributed by atoms with Crippen LogP contribution >= 0.6 is 0 Å². The molecule has 0 radical (unpaired) electrons. The average molecular weight is 869 g/mol. The summed E-state index contributed by atoms with van der Waals surface area (Å²) in [5.41, 5.74) is 12.9. The molecule has 7 rings (SSSR count). The second-order valence-electron chi connectivity index (χ2n) is 17.8. The van der Waals surface area contributed by atoms with Gasteiger partial charge in [0, 0.05) is 50.4 Å². The van der Waals surface area contributed by atoms with Crippen LogP contribution in [0.1, 0.15) is 74.6 Å². The molecule has 0 saturated carbocycles. The van der Waals surface area contributed by atoms with E-state index in [4.69, 9.17) is 4.74 Å². The second kappa shape index (κ2) is 20.2. The molecule has 0 saturated heterocycles. The van der Waals surface area contributed by atoms with Gasteiger partial charge in [0.2, 0.25) is 5.91 Å². The summed E-state index contributed by atoms with van der Waals surface area (Å²) in [4.78, 5) is 28.9. The van der Waals surface area contributed by atoms with Gasteiger partial charge in [-0.1, -0.05) is 93.7 Å². The van der Waals surface area contributed by atoms with Crippen LogP contribution in [-0.4, -0.2) is 59.8 Å². The maximum atomic E-state index is 12.2. The number of hydrogen-bond acceptors (Lipinski definition) is 6. The van der Waals surface area contributed by atoms with Crippen molar-refractivity contribution in [3.8, 4) is 16.9 Å². The van der Waals surface area contributed by atoms with E-state index in [0.717, 1.165) is 78.9 Å². The molecule has 64 heavy (non-hydrogen) atoms. The number of benzene rings is 5. The Hall–Kier alpha value is -6.09. The van der Waals surface area contributed by atoms with Crippen molar-refractivity contribution in [2.75, 3.05) is 39.6 Å². The molecule has 0 unspecified atom stereocenters. The summed E-state index contributed by atoms with van der Waals surface area (Å²) in [5.74, 6) is 0.900. The van der Waals surface area contributed by atoms with E-state index in [9.17, 15) is 9.59 Å². The monoisotopic (exact) mass is 868 g/mol. The zero-order chi connectivity index (χ0) is 45.5. The number of allylic oxidation sites excluding steroid dienone is 6. The van der Waals surface area contributed by atoms with Gasteiger partial charge in [0.25, 0.3) is 0 Å². The standard InChI is InChI=1S/C56H64N4O3Si/c1-36(2)51(61)20-13-11-10-12-17-43-42-18-14-15-19-44(42)50(35-59-29-16-30-60-56(62)37(3)4)45-25-21-38(31-48(43)45)39-22-28-52(63-7)49(32-39)55-46-26-23-40(57-5)33-53(46)64(8,9)54-34-41(58-6)24-27-47(54)55/h14-15,18-19,21-28,31-34,57,59H,1,3,10-13,16-17,20,29-30,35H2,2,4-9H3,(H,60,62). The summed E-state index contributed by atoms with van der Waals surface area (Å²) >= 11 is 0. The number of carbonyl (C=O) groups is 2. The summed E-state index contributed by atoms with van der Waals surface area (Å²) in [6.45, 7) is 18.1. The van der Waals surface area contributed by atoms with E-state index < -0.39 is 8.07 Å². The highest BCUT2D eigenvalue weighted by Gasteiger charge is 2.40. The van der Waals surface area contributed by atoms with Crippen LogP contribution in [0.4, 0.5) is 5.69 Å². The number of fused-ring (bicyclic) bond motifs is 4. The molecule has 7 nitrogen and oxygen atoms in total. The Morgan fingerprint density at radius 2 is 1.47 bits per heavy atom. The molecule has 0 aromatic heterocycles. The number of aliphatic imine (C=N–C) groups is 1. The molecule has 3 N–H and O–H groups in total. The largest absolute Gasteiger partial charge is 0.496 e. The molecule has 330 valence electrons. The third-order valence-electron chi connectivity index (χ3n) is 13.1. The number of nitrogens with one attached hydrogen (secondary N) is 3. The van der Waals surface area contributed by atoms with Gasteiger partial charge in [0.1, 0.15) is 13.8 Å². The van der Waals surface area contributed by atoms with E-state index in [-0.39, 0.29) is 11.7 Å². The van der Waals surface area contributed by atoms with Crippen LogP contribution in [-0.2, 0) is 22.6 Å². The number of anilines is 1. The normalized spacial score (nSPS) is 14.6. The topological polar surface area (TPSA) is 91.8 Å². The van der Waals surface area contributed by atoms with E-state index in [1.54, 1.807) is 21.0 Å². The third kappa shape index (κ3) is 9.54. The van der Waals surface area contributed by atoms with Crippen LogP contribution in [0.5, 0.6) is 5.75 Å². The first-order chi connectivity index (χ1) is 30.9. The molecule has 2 aliphatic rings. The quantitative estimate of drug-likeness (QED) is 0.0333. The molecule has 1 amide bonds. The van der Waals surface area contributed by atoms with Gasteiger partial charge in [-0.3, -0.25) is 14.6 Å². The Morgan fingerprint density at radius 3 is 2.19 bits per heavy atom. The average Bonchev–Trinajstić information content (AvgIpc) is 3.30. The SMILES string of the molecule is C=C(C)C(=O)CCCCCCc1c2ccccc2c(CNCCCNC(=O)C(=C)C)c2ccc(-c3ccc(OC)c(C4=C5C=CC(=NC)C=C5[Si](C)(C)c5cc(NC)ccc54)c3)cc12. The van der Waals surface area contributed by atoms with Crippen LogP contribution in [0, 0.1) is 0 Å². The maximum absolute atomic E-state index is 12.2. The summed E-state index contributed by atoms with van der Waals surface area (Å²) < 4.78 is 6.20. The predicted molar refractivity (Wildman–Crippen MR) is 274 cm³/mol. The van der Waals surface area contributed by atoms with Crippen molar-refractivity contribution in [1.82, 2.24) is 10.6 Å². The minimum Gasteiger partial charge on any atom is -0.496 e. The number of amides is 1. The molecule has 5 aromatic carbocycles. The summed E-state index contributed by atoms with van der Waals surface area (Å²) in [5, 5.41) is 17.9. The number of unbranched alkanes of at least 4 members (excludes halogenated alkanes) is 3. The molecule has 0 bridgehead atoms.